The third-order valence-electron chi connectivity index (χ3n) is 3.72. The Balaban J connectivity index is 3.21. The van der Waals surface area contributed by atoms with Gasteiger partial charge >= 0.3 is 5.97 Å². The van der Waals surface area contributed by atoms with Crippen LogP contribution in [0.25, 0.3) is 0 Å². The maximum Gasteiger partial charge on any atom is 0.338 e. The maximum absolute atomic E-state index is 12.0. The second-order valence-corrected chi connectivity index (χ2v) is 6.20. The number of esters is 1. The average Bonchev–Trinajstić information content (AvgIpc) is 2.59. The van der Waals surface area contributed by atoms with Crippen LogP contribution < -0.4 is 14.2 Å². The Labute approximate surface area is 152 Å². The van der Waals surface area contributed by atoms with Gasteiger partial charge in [-0.1, -0.05) is 52.7 Å². The molecule has 0 N–H and O–H groups in total. The number of carbonyl (C=O) groups excluding carboxylic acids is 1. The number of rotatable bonds is 12. The minimum absolute atomic E-state index is 0.352. The Morgan fingerprint density at radius 3 is 2.08 bits per heavy atom. The van der Waals surface area contributed by atoms with Crippen molar-refractivity contribution in [2.24, 2.45) is 0 Å². The van der Waals surface area contributed by atoms with E-state index in [-0.39, 0.29) is 0 Å². The van der Waals surface area contributed by atoms with Crippen molar-refractivity contribution in [3.63, 3.8) is 0 Å². The van der Waals surface area contributed by atoms with Crippen LogP contribution in [0, 0.1) is 0 Å². The SMILES string of the molecule is C=C(C)C(=O)Oc1ccc(CCC)c(OCCCC)c1OCCCC. The van der Waals surface area contributed by atoms with Crippen LogP contribution in [0.1, 0.15) is 65.4 Å². The first-order valence-electron chi connectivity index (χ1n) is 9.34. The van der Waals surface area contributed by atoms with Crippen LogP contribution in [-0.2, 0) is 11.2 Å². The molecule has 0 bridgehead atoms. The largest absolute Gasteiger partial charge is 0.489 e. The first-order chi connectivity index (χ1) is 12.0. The monoisotopic (exact) mass is 348 g/mol. The van der Waals surface area contributed by atoms with Gasteiger partial charge in [0.1, 0.15) is 0 Å². The van der Waals surface area contributed by atoms with Crippen LogP contribution in [0.2, 0.25) is 0 Å². The molecular formula is C21H32O4. The summed E-state index contributed by atoms with van der Waals surface area (Å²) in [6.45, 7) is 12.8. The quantitative estimate of drug-likeness (QED) is 0.217. The molecule has 140 valence electrons. The number of carbonyl (C=O) groups is 1. The van der Waals surface area contributed by atoms with E-state index < -0.39 is 5.97 Å². The van der Waals surface area contributed by atoms with Gasteiger partial charge in [0, 0.05) is 5.57 Å². The van der Waals surface area contributed by atoms with Crippen LogP contribution in [0.3, 0.4) is 0 Å². The highest BCUT2D eigenvalue weighted by Gasteiger charge is 2.20. The minimum Gasteiger partial charge on any atom is -0.489 e. The Hall–Kier alpha value is -1.97. The van der Waals surface area contributed by atoms with Crippen molar-refractivity contribution in [1.29, 1.82) is 0 Å². The fourth-order valence-electron chi connectivity index (χ4n) is 2.25. The normalized spacial score (nSPS) is 10.4. The first-order valence-corrected chi connectivity index (χ1v) is 9.34. The lowest BCUT2D eigenvalue weighted by Gasteiger charge is -2.19. The highest BCUT2D eigenvalue weighted by molar-refractivity contribution is 5.89. The molecule has 0 heterocycles. The van der Waals surface area contributed by atoms with Gasteiger partial charge in [0.05, 0.1) is 13.2 Å². The zero-order chi connectivity index (χ0) is 18.7. The van der Waals surface area contributed by atoms with Gasteiger partial charge in [-0.3, -0.25) is 0 Å². The maximum atomic E-state index is 12.0. The van der Waals surface area contributed by atoms with Gasteiger partial charge in [0.2, 0.25) is 5.75 Å². The highest BCUT2D eigenvalue weighted by atomic mass is 16.6. The predicted molar refractivity (Wildman–Crippen MR) is 102 cm³/mol. The third-order valence-corrected chi connectivity index (χ3v) is 3.72. The van der Waals surface area contributed by atoms with Gasteiger partial charge in [0.15, 0.2) is 11.5 Å². The highest BCUT2D eigenvalue weighted by Crippen LogP contribution is 2.41. The van der Waals surface area contributed by atoms with Crippen LogP contribution in [0.5, 0.6) is 17.2 Å². The lowest BCUT2D eigenvalue weighted by atomic mass is 10.1. The minimum atomic E-state index is -0.455. The molecule has 0 saturated carbocycles. The van der Waals surface area contributed by atoms with Gasteiger partial charge < -0.3 is 14.2 Å². The fraction of sp³-hybridized carbons (Fsp3) is 0.571. The zero-order valence-electron chi connectivity index (χ0n) is 16.2. The molecule has 4 nitrogen and oxygen atoms in total. The smallest absolute Gasteiger partial charge is 0.338 e. The Morgan fingerprint density at radius 1 is 0.960 bits per heavy atom. The van der Waals surface area contributed by atoms with Crippen molar-refractivity contribution < 1.29 is 19.0 Å². The van der Waals surface area contributed by atoms with Crippen LogP contribution in [-0.4, -0.2) is 19.2 Å². The molecule has 0 aliphatic rings. The van der Waals surface area contributed by atoms with Gasteiger partial charge in [-0.05, 0) is 37.8 Å². The molecule has 0 saturated heterocycles. The van der Waals surface area contributed by atoms with Crippen molar-refractivity contribution in [2.75, 3.05) is 13.2 Å². The predicted octanol–water partition coefficient (Wildman–Crippen LogP) is 5.48. The van der Waals surface area contributed by atoms with E-state index in [1.54, 1.807) is 13.0 Å². The van der Waals surface area contributed by atoms with Gasteiger partial charge in [-0.15, -0.1) is 0 Å². The van der Waals surface area contributed by atoms with Crippen molar-refractivity contribution in [1.82, 2.24) is 0 Å². The third kappa shape index (κ3) is 6.81. The number of unbranched alkanes of at least 4 members (excludes halogenated alkanes) is 2. The summed E-state index contributed by atoms with van der Waals surface area (Å²) in [7, 11) is 0. The Bertz CT molecular complexity index is 563. The van der Waals surface area contributed by atoms with Crippen molar-refractivity contribution in [3.05, 3.63) is 29.8 Å². The molecule has 0 aliphatic carbocycles. The molecule has 0 aliphatic heterocycles. The summed E-state index contributed by atoms with van der Waals surface area (Å²) in [5.74, 6) is 1.18. The number of hydrogen-bond acceptors (Lipinski definition) is 4. The summed E-state index contributed by atoms with van der Waals surface area (Å²) in [4.78, 5) is 12.0. The van der Waals surface area contributed by atoms with E-state index in [1.807, 2.05) is 6.07 Å². The summed E-state index contributed by atoms with van der Waals surface area (Å²) in [5.41, 5.74) is 1.44. The fourth-order valence-corrected chi connectivity index (χ4v) is 2.25. The van der Waals surface area contributed by atoms with Crippen molar-refractivity contribution >= 4 is 5.97 Å². The van der Waals surface area contributed by atoms with Crippen molar-refractivity contribution in [3.8, 4) is 17.2 Å². The molecule has 1 rings (SSSR count). The number of benzene rings is 1. The summed E-state index contributed by atoms with van der Waals surface area (Å²) >= 11 is 0. The molecular weight excluding hydrogens is 316 g/mol. The van der Waals surface area contributed by atoms with E-state index in [4.69, 9.17) is 14.2 Å². The molecule has 4 heteroatoms. The molecule has 25 heavy (non-hydrogen) atoms. The van der Waals surface area contributed by atoms with E-state index >= 15 is 0 Å². The Morgan fingerprint density at radius 2 is 1.56 bits per heavy atom. The van der Waals surface area contributed by atoms with Gasteiger partial charge in [-0.2, -0.15) is 0 Å². The molecule has 0 aromatic heterocycles. The van der Waals surface area contributed by atoms with Crippen LogP contribution in [0.15, 0.2) is 24.3 Å². The lowest BCUT2D eigenvalue weighted by molar-refractivity contribution is -0.130. The van der Waals surface area contributed by atoms with E-state index in [2.05, 4.69) is 27.4 Å². The second kappa shape index (κ2) is 11.6. The van der Waals surface area contributed by atoms with E-state index in [9.17, 15) is 4.79 Å². The molecule has 1 aromatic carbocycles. The van der Waals surface area contributed by atoms with Crippen LogP contribution >= 0.6 is 0 Å². The summed E-state index contributed by atoms with van der Waals surface area (Å²) in [5, 5.41) is 0. The summed E-state index contributed by atoms with van der Waals surface area (Å²) in [6, 6.07) is 3.75. The van der Waals surface area contributed by atoms with E-state index in [0.29, 0.717) is 36.0 Å². The molecule has 0 spiro atoms. The van der Waals surface area contributed by atoms with Crippen LogP contribution in [0.4, 0.5) is 0 Å². The molecule has 0 radical (unpaired) electrons. The molecule has 1 aromatic rings. The summed E-state index contributed by atoms with van der Waals surface area (Å²) < 4.78 is 17.5. The molecule has 0 atom stereocenters. The topological polar surface area (TPSA) is 44.8 Å². The zero-order valence-corrected chi connectivity index (χ0v) is 16.2. The van der Waals surface area contributed by atoms with E-state index in [0.717, 1.165) is 44.1 Å². The first kappa shape index (κ1) is 21.1. The lowest BCUT2D eigenvalue weighted by Crippen LogP contribution is -2.12. The molecule has 0 fully saturated rings. The van der Waals surface area contributed by atoms with Gasteiger partial charge in [-0.25, -0.2) is 4.79 Å². The standard InChI is InChI=1S/C21H32O4/c1-6-9-14-23-19-17(11-8-3)12-13-18(25-21(22)16(4)5)20(19)24-15-10-7-2/h12-13H,4,6-11,14-15H2,1-3,5H3. The second-order valence-electron chi connectivity index (χ2n) is 6.20. The molecule has 0 unspecified atom stereocenters. The Kier molecular flexibility index (Phi) is 9.75. The number of ether oxygens (including phenoxy) is 3. The van der Waals surface area contributed by atoms with Crippen molar-refractivity contribution in [2.45, 2.75) is 66.2 Å². The summed E-state index contributed by atoms with van der Waals surface area (Å²) in [6.07, 6.45) is 5.88. The van der Waals surface area contributed by atoms with E-state index in [1.165, 1.54) is 0 Å². The van der Waals surface area contributed by atoms with Gasteiger partial charge in [0.25, 0.3) is 0 Å². The number of hydrogen-bond donors (Lipinski definition) is 0. The average molecular weight is 348 g/mol. The molecule has 0 amide bonds. The number of aryl methyl sites for hydroxylation is 1.